The van der Waals surface area contributed by atoms with Crippen LogP contribution in [0.15, 0.2) is 24.3 Å². The van der Waals surface area contributed by atoms with Crippen LogP contribution >= 0.6 is 12.4 Å². The maximum absolute atomic E-state index is 12.2. The molecule has 2 rings (SSSR count). The van der Waals surface area contributed by atoms with Crippen LogP contribution in [0.4, 0.5) is 0 Å². The third-order valence-corrected chi connectivity index (χ3v) is 4.17. The molecule has 1 aliphatic rings. The fourth-order valence-corrected chi connectivity index (χ4v) is 2.99. The number of benzene rings is 1. The zero-order valence-electron chi connectivity index (χ0n) is 14.4. The monoisotopic (exact) mass is 356 g/mol. The van der Waals surface area contributed by atoms with Crippen LogP contribution in [0, 0.1) is 5.92 Å². The van der Waals surface area contributed by atoms with E-state index in [1.54, 1.807) is 0 Å². The second-order valence-corrected chi connectivity index (χ2v) is 6.62. The first-order valence-electron chi connectivity index (χ1n) is 8.43. The van der Waals surface area contributed by atoms with E-state index in [0.29, 0.717) is 0 Å². The number of nitrogens with one attached hydrogen (secondary N) is 1. The molecule has 3 atom stereocenters. The van der Waals surface area contributed by atoms with Crippen molar-refractivity contribution in [2.45, 2.75) is 57.8 Å². The predicted molar refractivity (Wildman–Crippen MR) is 97.4 cm³/mol. The highest BCUT2D eigenvalue weighted by atomic mass is 35.5. The number of nitrogens with two attached hydrogens (primary N) is 1. The highest BCUT2D eigenvalue weighted by Gasteiger charge is 2.25. The van der Waals surface area contributed by atoms with Crippen LogP contribution in [0.25, 0.3) is 0 Å². The zero-order chi connectivity index (χ0) is 16.8. The van der Waals surface area contributed by atoms with Crippen LogP contribution < -0.4 is 15.8 Å². The molecule has 1 aromatic carbocycles. The first-order valence-corrected chi connectivity index (χ1v) is 8.43. The molecule has 0 saturated heterocycles. The van der Waals surface area contributed by atoms with Crippen molar-refractivity contribution >= 4 is 18.3 Å². The Morgan fingerprint density at radius 2 is 2.17 bits per heavy atom. The van der Waals surface area contributed by atoms with Gasteiger partial charge in [0.2, 0.25) is 5.91 Å². The van der Waals surface area contributed by atoms with Crippen LogP contribution in [0.2, 0.25) is 0 Å². The summed E-state index contributed by atoms with van der Waals surface area (Å²) in [6.45, 7) is 4.12. The average Bonchev–Trinajstić information content (AvgIpc) is 2.52. The van der Waals surface area contributed by atoms with Gasteiger partial charge in [0.05, 0.1) is 12.2 Å². The van der Waals surface area contributed by atoms with Crippen molar-refractivity contribution in [2.75, 3.05) is 6.54 Å². The molecule has 5 nitrogen and oxygen atoms in total. The van der Waals surface area contributed by atoms with Crippen molar-refractivity contribution in [1.82, 2.24) is 5.32 Å². The van der Waals surface area contributed by atoms with Crippen LogP contribution in [-0.4, -0.2) is 29.7 Å². The summed E-state index contributed by atoms with van der Waals surface area (Å²) in [7, 11) is 0. The number of hydrogen-bond acceptors (Lipinski definition) is 4. The van der Waals surface area contributed by atoms with Crippen molar-refractivity contribution in [3.63, 3.8) is 0 Å². The minimum Gasteiger partial charge on any atom is -0.491 e. The zero-order valence-corrected chi connectivity index (χ0v) is 15.2. The van der Waals surface area contributed by atoms with Gasteiger partial charge >= 0.3 is 0 Å². The molecule has 1 aliphatic carbocycles. The smallest absolute Gasteiger partial charge is 0.223 e. The molecule has 1 saturated carbocycles. The minimum absolute atomic E-state index is 0. The Balaban J connectivity index is 0.00000288. The van der Waals surface area contributed by atoms with E-state index in [-0.39, 0.29) is 42.9 Å². The number of hydrogen-bond donors (Lipinski definition) is 3. The Labute approximate surface area is 150 Å². The van der Waals surface area contributed by atoms with Gasteiger partial charge in [-0.25, -0.2) is 0 Å². The molecule has 24 heavy (non-hydrogen) atoms. The van der Waals surface area contributed by atoms with Crippen LogP contribution in [-0.2, 0) is 4.79 Å². The van der Waals surface area contributed by atoms with Gasteiger partial charge in [0, 0.05) is 18.5 Å². The molecule has 0 radical (unpaired) electrons. The minimum atomic E-state index is -0.744. The molecule has 1 fully saturated rings. The molecule has 1 amide bonds. The molecule has 0 spiro atoms. The molecule has 136 valence electrons. The molecular weight excluding hydrogens is 328 g/mol. The lowest BCUT2D eigenvalue weighted by Crippen LogP contribution is -2.39. The number of carbonyl (C=O) groups is 1. The van der Waals surface area contributed by atoms with Gasteiger partial charge in [0.1, 0.15) is 5.75 Å². The molecule has 0 aromatic heterocycles. The maximum atomic E-state index is 12.2. The summed E-state index contributed by atoms with van der Waals surface area (Å²) in [6, 6.07) is 7.47. The largest absolute Gasteiger partial charge is 0.491 e. The number of rotatable bonds is 6. The van der Waals surface area contributed by atoms with Gasteiger partial charge in [-0.3, -0.25) is 4.79 Å². The van der Waals surface area contributed by atoms with E-state index in [2.05, 4.69) is 5.32 Å². The SMILES string of the molecule is CC(C)Oc1cccc(C(O)CNC(=O)C2CCCC(N)C2)c1.Cl. The van der Waals surface area contributed by atoms with E-state index < -0.39 is 6.10 Å². The number of ether oxygens (including phenoxy) is 1. The number of aliphatic hydroxyl groups excluding tert-OH is 1. The van der Waals surface area contributed by atoms with Crippen molar-refractivity contribution in [3.8, 4) is 5.75 Å². The summed E-state index contributed by atoms with van der Waals surface area (Å²) in [5.41, 5.74) is 6.66. The standard InChI is InChI=1S/C18H28N2O3.ClH/c1-12(2)23-16-8-4-5-13(10-16)17(21)11-20-18(22)14-6-3-7-15(19)9-14;/h4-5,8,10,12,14-15,17,21H,3,6-7,9,11,19H2,1-2H3,(H,20,22);1H. The van der Waals surface area contributed by atoms with Crippen molar-refractivity contribution in [1.29, 1.82) is 0 Å². The summed E-state index contributed by atoms with van der Waals surface area (Å²) >= 11 is 0. The van der Waals surface area contributed by atoms with Crippen LogP contribution in [0.3, 0.4) is 0 Å². The van der Waals surface area contributed by atoms with E-state index in [9.17, 15) is 9.90 Å². The summed E-state index contributed by atoms with van der Waals surface area (Å²) < 4.78 is 5.63. The average molecular weight is 357 g/mol. The second-order valence-electron chi connectivity index (χ2n) is 6.62. The summed E-state index contributed by atoms with van der Waals surface area (Å²) in [4.78, 5) is 12.2. The summed E-state index contributed by atoms with van der Waals surface area (Å²) in [6.07, 6.45) is 2.95. The van der Waals surface area contributed by atoms with E-state index >= 15 is 0 Å². The number of amides is 1. The van der Waals surface area contributed by atoms with Crippen LogP contribution in [0.1, 0.15) is 51.2 Å². The van der Waals surface area contributed by atoms with E-state index in [1.165, 1.54) is 0 Å². The Morgan fingerprint density at radius 1 is 1.42 bits per heavy atom. The first-order chi connectivity index (χ1) is 11.0. The van der Waals surface area contributed by atoms with E-state index in [4.69, 9.17) is 10.5 Å². The van der Waals surface area contributed by atoms with Gasteiger partial charge in [0.15, 0.2) is 0 Å². The lowest BCUT2D eigenvalue weighted by molar-refractivity contribution is -0.126. The molecule has 0 aliphatic heterocycles. The second kappa shape index (κ2) is 9.87. The Kier molecular flexibility index (Phi) is 8.53. The number of carbonyl (C=O) groups excluding carboxylic acids is 1. The lowest BCUT2D eigenvalue weighted by Gasteiger charge is -2.26. The molecule has 0 bridgehead atoms. The molecule has 4 N–H and O–H groups in total. The molecular formula is C18H29ClN2O3. The summed E-state index contributed by atoms with van der Waals surface area (Å²) in [5.74, 6) is 0.691. The van der Waals surface area contributed by atoms with Gasteiger partial charge < -0.3 is 20.9 Å². The highest BCUT2D eigenvalue weighted by Crippen LogP contribution is 2.24. The number of aliphatic hydroxyl groups is 1. The predicted octanol–water partition coefficient (Wildman–Crippen LogP) is 2.56. The van der Waals surface area contributed by atoms with E-state index in [1.807, 2.05) is 38.1 Å². The van der Waals surface area contributed by atoms with Crippen molar-refractivity contribution in [3.05, 3.63) is 29.8 Å². The molecule has 1 aromatic rings. The Hall–Kier alpha value is -1.30. The molecule has 0 heterocycles. The summed E-state index contributed by atoms with van der Waals surface area (Å²) in [5, 5.41) is 13.1. The van der Waals surface area contributed by atoms with Gasteiger partial charge in [-0.05, 0) is 50.8 Å². The topological polar surface area (TPSA) is 84.6 Å². The van der Waals surface area contributed by atoms with E-state index in [0.717, 1.165) is 37.0 Å². The Bertz CT molecular complexity index is 525. The molecule has 3 unspecified atom stereocenters. The molecule has 6 heteroatoms. The third-order valence-electron chi connectivity index (χ3n) is 4.17. The maximum Gasteiger partial charge on any atom is 0.223 e. The third kappa shape index (κ3) is 6.30. The Morgan fingerprint density at radius 3 is 2.83 bits per heavy atom. The fraction of sp³-hybridized carbons (Fsp3) is 0.611. The van der Waals surface area contributed by atoms with Gasteiger partial charge in [-0.15, -0.1) is 12.4 Å². The van der Waals surface area contributed by atoms with Gasteiger partial charge in [-0.1, -0.05) is 18.6 Å². The van der Waals surface area contributed by atoms with Crippen LogP contribution in [0.5, 0.6) is 5.75 Å². The van der Waals surface area contributed by atoms with Crippen molar-refractivity contribution in [2.24, 2.45) is 11.7 Å². The van der Waals surface area contributed by atoms with Crippen molar-refractivity contribution < 1.29 is 14.6 Å². The lowest BCUT2D eigenvalue weighted by atomic mass is 9.85. The fourth-order valence-electron chi connectivity index (χ4n) is 2.99. The highest BCUT2D eigenvalue weighted by molar-refractivity contribution is 5.85. The van der Waals surface area contributed by atoms with Gasteiger partial charge in [0.25, 0.3) is 0 Å². The normalized spacial score (nSPS) is 21.7. The number of halogens is 1. The quantitative estimate of drug-likeness (QED) is 0.731. The first kappa shape index (κ1) is 20.7. The van der Waals surface area contributed by atoms with Gasteiger partial charge in [-0.2, -0.15) is 0 Å².